The standard InChI is InChI=1S/C27H31FN2O4S/c1-4-5-12-22-18-30(21-13-7-6-8-14-21)25-17-24(28)23(16-26(25)35(32,33)29(22)2)19-10-9-11-20(15-19)27(31)34-3/h6-11,13-17,22,32-33H,4-5,12,18H2,1-3H3. The van der Waals surface area contributed by atoms with Crippen molar-refractivity contribution in [1.29, 1.82) is 0 Å². The number of hydrogen-bond acceptors (Lipinski definition) is 6. The van der Waals surface area contributed by atoms with Crippen molar-refractivity contribution >= 4 is 28.1 Å². The Bertz CT molecular complexity index is 1210. The predicted molar refractivity (Wildman–Crippen MR) is 139 cm³/mol. The van der Waals surface area contributed by atoms with E-state index in [1.165, 1.54) is 19.2 Å². The zero-order valence-electron chi connectivity index (χ0n) is 20.1. The minimum absolute atomic E-state index is 0.151. The van der Waals surface area contributed by atoms with Gasteiger partial charge in [-0.05, 0) is 42.3 Å². The van der Waals surface area contributed by atoms with Gasteiger partial charge in [0.1, 0.15) is 5.82 Å². The number of benzene rings is 3. The van der Waals surface area contributed by atoms with Crippen molar-refractivity contribution in [3.05, 3.63) is 78.1 Å². The molecule has 3 aromatic rings. The van der Waals surface area contributed by atoms with Gasteiger partial charge in [0, 0.05) is 37.0 Å². The number of para-hydroxylation sites is 1. The minimum Gasteiger partial charge on any atom is -0.465 e. The topological polar surface area (TPSA) is 73.2 Å². The Kier molecular flexibility index (Phi) is 7.47. The van der Waals surface area contributed by atoms with E-state index in [9.17, 15) is 13.9 Å². The molecule has 0 aromatic heterocycles. The SMILES string of the molecule is CCCCC1CN(c2ccccc2)c2cc(F)c(-c3cccc(C(=O)OC)c3)cc2S(O)(O)N1C. The molecule has 2 N–H and O–H groups in total. The number of hydrogen-bond donors (Lipinski definition) is 2. The van der Waals surface area contributed by atoms with Crippen LogP contribution < -0.4 is 4.90 Å². The van der Waals surface area contributed by atoms with E-state index in [4.69, 9.17) is 4.74 Å². The van der Waals surface area contributed by atoms with Crippen LogP contribution in [0.4, 0.5) is 15.8 Å². The Labute approximate surface area is 207 Å². The third-order valence-corrected chi connectivity index (χ3v) is 8.52. The van der Waals surface area contributed by atoms with Crippen LogP contribution in [-0.2, 0) is 4.74 Å². The number of methoxy groups -OCH3 is 1. The van der Waals surface area contributed by atoms with Crippen molar-refractivity contribution in [1.82, 2.24) is 4.31 Å². The summed E-state index contributed by atoms with van der Waals surface area (Å²) in [6, 6.07) is 18.8. The maximum absolute atomic E-state index is 15.6. The number of ether oxygens (including phenoxy) is 1. The summed E-state index contributed by atoms with van der Waals surface area (Å²) < 4.78 is 45.1. The lowest BCUT2D eigenvalue weighted by molar-refractivity contribution is 0.0600. The summed E-state index contributed by atoms with van der Waals surface area (Å²) in [6.45, 7) is 2.59. The number of fused-ring (bicyclic) bond motifs is 1. The predicted octanol–water partition coefficient (Wildman–Crippen LogP) is 6.95. The quantitative estimate of drug-likeness (QED) is 0.359. The zero-order chi connectivity index (χ0) is 25.2. The zero-order valence-corrected chi connectivity index (χ0v) is 21.0. The Morgan fingerprint density at radius 2 is 1.86 bits per heavy atom. The molecule has 3 aromatic carbocycles. The summed E-state index contributed by atoms with van der Waals surface area (Å²) in [6.07, 6.45) is 2.69. The molecule has 1 heterocycles. The lowest BCUT2D eigenvalue weighted by Crippen LogP contribution is -2.39. The molecule has 0 saturated heterocycles. The van der Waals surface area contributed by atoms with Gasteiger partial charge in [0.25, 0.3) is 0 Å². The van der Waals surface area contributed by atoms with Crippen LogP contribution in [0, 0.1) is 5.82 Å². The Morgan fingerprint density at radius 1 is 1.11 bits per heavy atom. The van der Waals surface area contributed by atoms with E-state index in [1.54, 1.807) is 35.6 Å². The van der Waals surface area contributed by atoms with Crippen molar-refractivity contribution < 1.29 is 23.0 Å². The molecule has 0 aliphatic carbocycles. The van der Waals surface area contributed by atoms with Crippen LogP contribution in [0.15, 0.2) is 71.6 Å². The third-order valence-electron chi connectivity index (χ3n) is 6.50. The average Bonchev–Trinajstić information content (AvgIpc) is 2.95. The minimum atomic E-state index is -3.42. The molecule has 0 amide bonds. The molecule has 1 unspecified atom stereocenters. The summed E-state index contributed by atoms with van der Waals surface area (Å²) in [5, 5.41) is 0. The third kappa shape index (κ3) is 4.92. The second-order valence-corrected chi connectivity index (χ2v) is 10.7. The second-order valence-electron chi connectivity index (χ2n) is 8.68. The van der Waals surface area contributed by atoms with Crippen molar-refractivity contribution in [2.45, 2.75) is 37.1 Å². The van der Waals surface area contributed by atoms with Crippen LogP contribution in [0.3, 0.4) is 0 Å². The molecule has 35 heavy (non-hydrogen) atoms. The van der Waals surface area contributed by atoms with Gasteiger partial charge >= 0.3 is 5.97 Å². The van der Waals surface area contributed by atoms with Gasteiger partial charge in [-0.15, -0.1) is 10.8 Å². The number of halogens is 1. The Balaban J connectivity index is 1.90. The van der Waals surface area contributed by atoms with E-state index < -0.39 is 22.6 Å². The molecule has 0 spiro atoms. The molecule has 0 fully saturated rings. The first-order valence-corrected chi connectivity index (χ1v) is 13.1. The Hall–Kier alpha value is -2.91. The summed E-state index contributed by atoms with van der Waals surface area (Å²) >= 11 is 0. The first-order chi connectivity index (χ1) is 16.8. The van der Waals surface area contributed by atoms with Gasteiger partial charge in [-0.3, -0.25) is 9.11 Å². The van der Waals surface area contributed by atoms with E-state index in [-0.39, 0.29) is 22.1 Å². The lowest BCUT2D eigenvalue weighted by atomic mass is 10.0. The first kappa shape index (κ1) is 25.2. The van der Waals surface area contributed by atoms with E-state index in [0.29, 0.717) is 17.8 Å². The second kappa shape index (κ2) is 10.4. The largest absolute Gasteiger partial charge is 0.465 e. The van der Waals surface area contributed by atoms with Crippen molar-refractivity contribution in [3.63, 3.8) is 0 Å². The monoisotopic (exact) mass is 498 g/mol. The van der Waals surface area contributed by atoms with Crippen LogP contribution >= 0.6 is 10.8 Å². The summed E-state index contributed by atoms with van der Waals surface area (Å²) in [5.41, 5.74) is 2.19. The summed E-state index contributed by atoms with van der Waals surface area (Å²) in [4.78, 5) is 14.2. The highest BCUT2D eigenvalue weighted by atomic mass is 32.3. The summed E-state index contributed by atoms with van der Waals surface area (Å²) in [5.74, 6) is -1.04. The molecular formula is C27H31FN2O4S. The fourth-order valence-corrected chi connectivity index (χ4v) is 6.10. The molecule has 0 saturated carbocycles. The number of unbranched alkanes of at least 4 members (excludes halogenated alkanes) is 1. The highest BCUT2D eigenvalue weighted by molar-refractivity contribution is 8.22. The van der Waals surface area contributed by atoms with Gasteiger partial charge in [-0.2, -0.15) is 0 Å². The Morgan fingerprint density at radius 3 is 2.54 bits per heavy atom. The summed E-state index contributed by atoms with van der Waals surface area (Å²) in [7, 11) is -0.418. The molecule has 1 atom stereocenters. The first-order valence-electron chi connectivity index (χ1n) is 11.6. The van der Waals surface area contributed by atoms with Crippen LogP contribution in [0.2, 0.25) is 0 Å². The van der Waals surface area contributed by atoms with E-state index in [1.807, 2.05) is 35.2 Å². The number of nitrogens with zero attached hydrogens (tertiary/aromatic N) is 2. The normalized spacial score (nSPS) is 18.5. The average molecular weight is 499 g/mol. The van der Waals surface area contributed by atoms with Crippen LogP contribution in [-0.4, -0.2) is 46.1 Å². The molecule has 186 valence electrons. The molecule has 8 heteroatoms. The molecule has 4 rings (SSSR count). The highest BCUT2D eigenvalue weighted by Gasteiger charge is 2.38. The van der Waals surface area contributed by atoms with Crippen molar-refractivity contribution in [2.75, 3.05) is 25.6 Å². The smallest absolute Gasteiger partial charge is 0.337 e. The highest BCUT2D eigenvalue weighted by Crippen LogP contribution is 2.59. The van der Waals surface area contributed by atoms with Gasteiger partial charge in [0.05, 0.1) is 23.3 Å². The van der Waals surface area contributed by atoms with Crippen molar-refractivity contribution in [2.24, 2.45) is 0 Å². The van der Waals surface area contributed by atoms with Gasteiger partial charge in [-0.25, -0.2) is 13.5 Å². The number of carbonyl (C=O) groups excluding carboxylic acids is 1. The maximum Gasteiger partial charge on any atom is 0.337 e. The van der Waals surface area contributed by atoms with Crippen LogP contribution in [0.25, 0.3) is 11.1 Å². The number of anilines is 2. The van der Waals surface area contributed by atoms with Gasteiger partial charge in [-0.1, -0.05) is 50.1 Å². The molecule has 1 aliphatic heterocycles. The fourth-order valence-electron chi connectivity index (χ4n) is 4.48. The maximum atomic E-state index is 15.6. The van der Waals surface area contributed by atoms with Gasteiger partial charge in [0.2, 0.25) is 0 Å². The van der Waals surface area contributed by atoms with E-state index >= 15 is 4.39 Å². The van der Waals surface area contributed by atoms with Crippen molar-refractivity contribution in [3.8, 4) is 11.1 Å². The fraction of sp³-hybridized carbons (Fsp3) is 0.296. The van der Waals surface area contributed by atoms with E-state index in [2.05, 4.69) is 6.92 Å². The molecule has 1 aliphatic rings. The van der Waals surface area contributed by atoms with Crippen LogP contribution in [0.1, 0.15) is 36.5 Å². The number of esters is 1. The van der Waals surface area contributed by atoms with Crippen LogP contribution in [0.5, 0.6) is 0 Å². The van der Waals surface area contributed by atoms with Gasteiger partial charge in [0.15, 0.2) is 0 Å². The molecule has 0 radical (unpaired) electrons. The number of rotatable bonds is 6. The number of carbonyl (C=O) groups is 1. The molecular weight excluding hydrogens is 467 g/mol. The van der Waals surface area contributed by atoms with E-state index in [0.717, 1.165) is 24.9 Å². The molecule has 6 nitrogen and oxygen atoms in total. The number of likely N-dealkylation sites (N-methyl/N-ethyl adjacent to an activating group) is 1. The lowest BCUT2D eigenvalue weighted by Gasteiger charge is -2.43. The van der Waals surface area contributed by atoms with Gasteiger partial charge < -0.3 is 9.64 Å². The molecule has 0 bridgehead atoms.